The fourth-order valence-electron chi connectivity index (χ4n) is 1.61. The lowest BCUT2D eigenvalue weighted by Gasteiger charge is -2.24. The van der Waals surface area contributed by atoms with Gasteiger partial charge in [-0.1, -0.05) is 13.3 Å². The Balaban J connectivity index is 2.85. The first kappa shape index (κ1) is 15.9. The van der Waals surface area contributed by atoms with Gasteiger partial charge in [-0.3, -0.25) is 4.79 Å². The Bertz CT molecular complexity index is 441. The van der Waals surface area contributed by atoms with Crippen molar-refractivity contribution < 1.29 is 9.47 Å². The fourth-order valence-corrected chi connectivity index (χ4v) is 1.61. The van der Waals surface area contributed by atoms with E-state index in [4.69, 9.17) is 9.47 Å². The summed E-state index contributed by atoms with van der Waals surface area (Å²) in [5.74, 6) is 0.547. The van der Waals surface area contributed by atoms with E-state index in [1.807, 2.05) is 20.8 Å². The molecular weight excluding hydrogens is 244 g/mol. The third-order valence-corrected chi connectivity index (χ3v) is 2.78. The summed E-state index contributed by atoms with van der Waals surface area (Å²) in [6, 6.07) is 1.46. The van der Waals surface area contributed by atoms with Crippen molar-refractivity contribution in [2.24, 2.45) is 0 Å². The minimum atomic E-state index is -0.601. The molecule has 108 valence electrons. The molecule has 0 aliphatic heterocycles. The Morgan fingerprint density at radius 1 is 1.37 bits per heavy atom. The quantitative estimate of drug-likeness (QED) is 0.735. The molecule has 1 aromatic rings. The fraction of sp³-hybridized carbons (Fsp3) is 0.714. The van der Waals surface area contributed by atoms with Gasteiger partial charge in [-0.05, 0) is 27.2 Å². The molecule has 0 aromatic carbocycles. The minimum absolute atomic E-state index is 0.174. The molecule has 0 saturated heterocycles. The third-order valence-electron chi connectivity index (χ3n) is 2.78. The molecule has 1 rings (SSSR count). The third kappa shape index (κ3) is 5.12. The predicted molar refractivity (Wildman–Crippen MR) is 74.1 cm³/mol. The Kier molecular flexibility index (Phi) is 6.18. The standard InChI is InChI=1S/C14H24N2O3/c1-5-7-8-19-14(3,4)13-15-11(10-18-6-2)9-12(17)16-13/h9H,5-8,10H2,1-4H3,(H,15,16,17). The van der Waals surface area contributed by atoms with Gasteiger partial charge in [-0.15, -0.1) is 0 Å². The summed E-state index contributed by atoms with van der Waals surface area (Å²) in [7, 11) is 0. The van der Waals surface area contributed by atoms with E-state index < -0.39 is 5.60 Å². The molecule has 0 radical (unpaired) electrons. The molecule has 0 bridgehead atoms. The van der Waals surface area contributed by atoms with E-state index in [9.17, 15) is 4.79 Å². The van der Waals surface area contributed by atoms with Crippen molar-refractivity contribution in [3.8, 4) is 0 Å². The second-order valence-corrected chi connectivity index (χ2v) is 4.93. The van der Waals surface area contributed by atoms with E-state index in [1.165, 1.54) is 6.07 Å². The molecule has 0 aliphatic carbocycles. The number of nitrogens with zero attached hydrogens (tertiary/aromatic N) is 1. The molecule has 0 unspecified atom stereocenters. The van der Waals surface area contributed by atoms with Crippen LogP contribution in [0.2, 0.25) is 0 Å². The highest BCUT2D eigenvalue weighted by atomic mass is 16.5. The molecule has 0 saturated carbocycles. The van der Waals surface area contributed by atoms with Crippen LogP contribution in [0.15, 0.2) is 10.9 Å². The molecule has 1 aromatic heterocycles. The summed E-state index contributed by atoms with van der Waals surface area (Å²) in [6.07, 6.45) is 2.07. The number of ether oxygens (including phenoxy) is 2. The first-order chi connectivity index (χ1) is 8.99. The molecule has 19 heavy (non-hydrogen) atoms. The number of unbranched alkanes of at least 4 members (excludes halogenated alkanes) is 1. The number of H-pyrrole nitrogens is 1. The number of rotatable bonds is 8. The lowest BCUT2D eigenvalue weighted by Crippen LogP contribution is -2.29. The van der Waals surface area contributed by atoms with E-state index in [2.05, 4.69) is 16.9 Å². The molecule has 1 heterocycles. The van der Waals surface area contributed by atoms with Crippen molar-refractivity contribution in [1.82, 2.24) is 9.97 Å². The molecule has 5 nitrogen and oxygen atoms in total. The van der Waals surface area contributed by atoms with Crippen molar-refractivity contribution in [3.63, 3.8) is 0 Å². The van der Waals surface area contributed by atoms with Crippen LogP contribution >= 0.6 is 0 Å². The average molecular weight is 268 g/mol. The van der Waals surface area contributed by atoms with Crippen LogP contribution in [0.4, 0.5) is 0 Å². The van der Waals surface area contributed by atoms with Gasteiger partial charge >= 0.3 is 0 Å². The van der Waals surface area contributed by atoms with Gasteiger partial charge in [0.2, 0.25) is 0 Å². The number of aromatic amines is 1. The zero-order valence-electron chi connectivity index (χ0n) is 12.3. The van der Waals surface area contributed by atoms with Gasteiger partial charge in [0.15, 0.2) is 0 Å². The van der Waals surface area contributed by atoms with E-state index in [0.717, 1.165) is 12.8 Å². The van der Waals surface area contributed by atoms with Gasteiger partial charge < -0.3 is 14.5 Å². The average Bonchev–Trinajstić information content (AvgIpc) is 2.36. The number of aromatic nitrogens is 2. The highest BCUT2D eigenvalue weighted by Crippen LogP contribution is 2.20. The summed E-state index contributed by atoms with van der Waals surface area (Å²) in [5, 5.41) is 0. The first-order valence-corrected chi connectivity index (χ1v) is 6.82. The molecule has 5 heteroatoms. The molecule has 0 atom stereocenters. The lowest BCUT2D eigenvalue weighted by molar-refractivity contribution is -0.0299. The number of nitrogens with one attached hydrogen (secondary N) is 1. The van der Waals surface area contributed by atoms with Crippen LogP contribution in [0, 0.1) is 0 Å². The molecule has 0 spiro atoms. The van der Waals surface area contributed by atoms with Crippen molar-refractivity contribution in [3.05, 3.63) is 27.9 Å². The summed E-state index contributed by atoms with van der Waals surface area (Å²) in [6.45, 7) is 9.43. The smallest absolute Gasteiger partial charge is 0.251 e. The van der Waals surface area contributed by atoms with Crippen molar-refractivity contribution in [2.75, 3.05) is 13.2 Å². The van der Waals surface area contributed by atoms with E-state index >= 15 is 0 Å². The van der Waals surface area contributed by atoms with Crippen LogP contribution in [0.5, 0.6) is 0 Å². The maximum absolute atomic E-state index is 11.6. The van der Waals surface area contributed by atoms with Crippen LogP contribution in [-0.2, 0) is 21.7 Å². The molecule has 0 amide bonds. The van der Waals surface area contributed by atoms with Gasteiger partial charge in [-0.25, -0.2) is 4.98 Å². The second kappa shape index (κ2) is 7.40. The summed E-state index contributed by atoms with van der Waals surface area (Å²) in [5.41, 5.74) is -0.143. The molecule has 0 aliphatic rings. The lowest BCUT2D eigenvalue weighted by atomic mass is 10.1. The van der Waals surface area contributed by atoms with Gasteiger partial charge in [0.05, 0.1) is 12.3 Å². The Morgan fingerprint density at radius 2 is 2.11 bits per heavy atom. The van der Waals surface area contributed by atoms with Gasteiger partial charge in [-0.2, -0.15) is 0 Å². The normalized spacial score (nSPS) is 11.8. The molecule has 1 N–H and O–H groups in total. The maximum atomic E-state index is 11.6. The monoisotopic (exact) mass is 268 g/mol. The predicted octanol–water partition coefficient (Wildman–Crippen LogP) is 2.36. The van der Waals surface area contributed by atoms with Crippen LogP contribution in [0.25, 0.3) is 0 Å². The largest absolute Gasteiger partial charge is 0.375 e. The van der Waals surface area contributed by atoms with Crippen LogP contribution in [0.1, 0.15) is 52.1 Å². The molecular formula is C14H24N2O3. The number of hydrogen-bond acceptors (Lipinski definition) is 4. The Morgan fingerprint density at radius 3 is 2.74 bits per heavy atom. The van der Waals surface area contributed by atoms with E-state index in [-0.39, 0.29) is 5.56 Å². The summed E-state index contributed by atoms with van der Waals surface area (Å²) >= 11 is 0. The zero-order chi connectivity index (χ0) is 14.3. The maximum Gasteiger partial charge on any atom is 0.251 e. The summed E-state index contributed by atoms with van der Waals surface area (Å²) in [4.78, 5) is 18.8. The second-order valence-electron chi connectivity index (χ2n) is 4.93. The molecule has 0 fully saturated rings. The van der Waals surface area contributed by atoms with Crippen LogP contribution < -0.4 is 5.56 Å². The van der Waals surface area contributed by atoms with Crippen molar-refractivity contribution >= 4 is 0 Å². The number of hydrogen-bond donors (Lipinski definition) is 1. The Hall–Kier alpha value is -1.20. The zero-order valence-corrected chi connectivity index (χ0v) is 12.3. The van der Waals surface area contributed by atoms with E-state index in [0.29, 0.717) is 31.3 Å². The van der Waals surface area contributed by atoms with E-state index in [1.54, 1.807) is 0 Å². The topological polar surface area (TPSA) is 64.2 Å². The van der Waals surface area contributed by atoms with Gasteiger partial charge in [0.1, 0.15) is 11.4 Å². The van der Waals surface area contributed by atoms with Crippen molar-refractivity contribution in [1.29, 1.82) is 0 Å². The van der Waals surface area contributed by atoms with Crippen LogP contribution in [-0.4, -0.2) is 23.2 Å². The first-order valence-electron chi connectivity index (χ1n) is 6.82. The SMILES string of the molecule is CCCCOC(C)(C)c1nc(COCC)cc(=O)[nH]1. The van der Waals surface area contributed by atoms with Crippen LogP contribution in [0.3, 0.4) is 0 Å². The van der Waals surface area contributed by atoms with Gasteiger partial charge in [0, 0.05) is 19.3 Å². The minimum Gasteiger partial charge on any atom is -0.375 e. The highest BCUT2D eigenvalue weighted by Gasteiger charge is 2.24. The van der Waals surface area contributed by atoms with Gasteiger partial charge in [0.25, 0.3) is 5.56 Å². The Labute approximate surface area is 114 Å². The highest BCUT2D eigenvalue weighted by molar-refractivity contribution is 5.06. The summed E-state index contributed by atoms with van der Waals surface area (Å²) < 4.78 is 11.1. The van der Waals surface area contributed by atoms with Crippen molar-refractivity contribution in [2.45, 2.75) is 52.7 Å².